The number of carbonyl (C=O) groups excluding carboxylic acids is 1. The van der Waals surface area contributed by atoms with Crippen LogP contribution in [0, 0.1) is 5.41 Å². The molecule has 2 saturated heterocycles. The quantitative estimate of drug-likeness (QED) is 0.584. The molecule has 0 aromatic heterocycles. The smallest absolute Gasteiger partial charge is 0.260 e. The zero-order valence-electron chi connectivity index (χ0n) is 16.4. The van der Waals surface area contributed by atoms with Crippen LogP contribution >= 0.6 is 0 Å². The normalized spacial score (nSPS) is 24.1. The van der Waals surface area contributed by atoms with E-state index in [4.69, 9.17) is 19.4 Å². The van der Waals surface area contributed by atoms with E-state index in [1.807, 2.05) is 29.2 Å². The minimum Gasteiger partial charge on any atom is -0.497 e. The number of hydrogen-bond acceptors (Lipinski definition) is 6. The molecule has 2 heterocycles. The second-order valence-electron chi connectivity index (χ2n) is 7.64. The Kier molecular flexibility index (Phi) is 6.05. The van der Waals surface area contributed by atoms with E-state index in [0.29, 0.717) is 32.7 Å². The maximum absolute atomic E-state index is 12.2. The van der Waals surface area contributed by atoms with Crippen molar-refractivity contribution in [3.63, 3.8) is 0 Å². The summed E-state index contributed by atoms with van der Waals surface area (Å²) in [6.07, 6.45) is 2.39. The summed E-state index contributed by atoms with van der Waals surface area (Å²) in [7, 11) is 1.63. The molecule has 1 aromatic carbocycles. The number of carbonyl (C=O) groups is 1. The van der Waals surface area contributed by atoms with E-state index in [1.165, 1.54) is 0 Å². The molecule has 2 N–H and O–H groups in total. The zero-order chi connectivity index (χ0) is 19.5. The summed E-state index contributed by atoms with van der Waals surface area (Å²) in [5, 5.41) is 9.17. The van der Waals surface area contributed by atoms with E-state index in [2.05, 4.69) is 13.8 Å². The molecule has 1 amide bonds. The van der Waals surface area contributed by atoms with Gasteiger partial charge in [0, 0.05) is 18.4 Å². The Bertz CT molecular complexity index is 634. The van der Waals surface area contributed by atoms with Crippen molar-refractivity contribution in [3.05, 3.63) is 29.8 Å². The van der Waals surface area contributed by atoms with Gasteiger partial charge in [-0.15, -0.1) is 0 Å². The lowest BCUT2D eigenvalue weighted by Crippen LogP contribution is -2.50. The molecule has 7 heteroatoms. The van der Waals surface area contributed by atoms with Crippen LogP contribution < -0.4 is 10.2 Å². The summed E-state index contributed by atoms with van der Waals surface area (Å²) in [4.78, 5) is 14.2. The molecule has 150 valence electrons. The van der Waals surface area contributed by atoms with Crippen molar-refractivity contribution in [2.24, 2.45) is 5.41 Å². The number of rotatable bonds is 6. The third-order valence-electron chi connectivity index (χ3n) is 6.13. The van der Waals surface area contributed by atoms with Crippen LogP contribution in [0.4, 0.5) is 0 Å². The minimum atomic E-state index is -0.794. The number of methoxy groups -OCH3 is 1. The molecule has 1 aromatic rings. The summed E-state index contributed by atoms with van der Waals surface area (Å²) in [6, 6.07) is 7.23. The van der Waals surface area contributed by atoms with E-state index >= 15 is 0 Å². The van der Waals surface area contributed by atoms with Crippen LogP contribution in [0.25, 0.3) is 0 Å². The lowest BCUT2D eigenvalue weighted by Gasteiger charge is -2.44. The highest BCUT2D eigenvalue weighted by Crippen LogP contribution is 2.41. The minimum absolute atomic E-state index is 0.0450. The number of likely N-dealkylation sites (tertiary alicyclic amines) is 1. The summed E-state index contributed by atoms with van der Waals surface area (Å²) >= 11 is 0. The molecule has 27 heavy (non-hydrogen) atoms. The Balaban J connectivity index is 1.74. The van der Waals surface area contributed by atoms with Crippen molar-refractivity contribution in [3.8, 4) is 5.75 Å². The van der Waals surface area contributed by atoms with Crippen LogP contribution in [-0.4, -0.2) is 54.7 Å². The second kappa shape index (κ2) is 8.14. The first-order valence-electron chi connectivity index (χ1n) is 9.57. The average Bonchev–Trinajstić information content (AvgIpc) is 3.07. The standard InChI is InChI=1S/C20H30N2O5/c1-4-19(5-2)13-26-20(27-14-19)10-17(18(23)21-24)22(12-20)11-15-6-8-16(25-3)9-7-15/h6-9,17,24H,4-5,10-14H2,1-3H3,(H,21,23)/t17-/m1/s1. The molecule has 0 bridgehead atoms. The number of amides is 1. The SMILES string of the molecule is CCC1(CC)COC2(C[C@H](C(=O)NO)N(Cc3ccc(OC)cc3)C2)OC1. The summed E-state index contributed by atoms with van der Waals surface area (Å²) < 4.78 is 17.6. The van der Waals surface area contributed by atoms with Crippen LogP contribution in [-0.2, 0) is 20.8 Å². The molecule has 3 rings (SSSR count). The first-order chi connectivity index (χ1) is 13.0. The zero-order valence-corrected chi connectivity index (χ0v) is 16.4. The second-order valence-corrected chi connectivity index (χ2v) is 7.64. The van der Waals surface area contributed by atoms with Crippen molar-refractivity contribution in [2.75, 3.05) is 26.9 Å². The summed E-state index contributed by atoms with van der Waals surface area (Å²) in [5.74, 6) is -0.441. The predicted octanol–water partition coefficient (Wildman–Crippen LogP) is 2.32. The van der Waals surface area contributed by atoms with Crippen LogP contribution in [0.3, 0.4) is 0 Å². The Morgan fingerprint density at radius 1 is 1.26 bits per heavy atom. The lowest BCUT2D eigenvalue weighted by atomic mass is 9.83. The summed E-state index contributed by atoms with van der Waals surface area (Å²) in [5.41, 5.74) is 2.89. The van der Waals surface area contributed by atoms with Gasteiger partial charge in [-0.3, -0.25) is 14.9 Å². The van der Waals surface area contributed by atoms with E-state index in [0.717, 1.165) is 24.2 Å². The maximum atomic E-state index is 12.2. The van der Waals surface area contributed by atoms with Crippen LogP contribution in [0.1, 0.15) is 38.7 Å². The number of nitrogens with zero attached hydrogens (tertiary/aromatic N) is 1. The molecule has 1 atom stereocenters. The van der Waals surface area contributed by atoms with Crippen LogP contribution in [0.2, 0.25) is 0 Å². The molecule has 2 fully saturated rings. The first kappa shape index (κ1) is 20.1. The highest BCUT2D eigenvalue weighted by atomic mass is 16.7. The van der Waals surface area contributed by atoms with Crippen molar-refractivity contribution in [2.45, 2.75) is 51.5 Å². The topological polar surface area (TPSA) is 80.3 Å². The predicted molar refractivity (Wildman–Crippen MR) is 99.4 cm³/mol. The molecular formula is C20H30N2O5. The number of nitrogens with one attached hydrogen (secondary N) is 1. The highest BCUT2D eigenvalue weighted by molar-refractivity contribution is 5.81. The van der Waals surface area contributed by atoms with E-state index in [1.54, 1.807) is 12.6 Å². The molecule has 0 unspecified atom stereocenters. The van der Waals surface area contributed by atoms with Gasteiger partial charge >= 0.3 is 0 Å². The molecule has 2 aliphatic heterocycles. The molecule has 2 aliphatic rings. The van der Waals surface area contributed by atoms with Gasteiger partial charge in [-0.25, -0.2) is 5.48 Å². The molecule has 0 saturated carbocycles. The van der Waals surface area contributed by atoms with Gasteiger partial charge in [0.25, 0.3) is 5.91 Å². The molecular weight excluding hydrogens is 348 g/mol. The number of hydroxylamine groups is 1. The van der Waals surface area contributed by atoms with Gasteiger partial charge in [0.15, 0.2) is 5.79 Å². The Hall–Kier alpha value is -1.67. The molecule has 0 aliphatic carbocycles. The highest BCUT2D eigenvalue weighted by Gasteiger charge is 2.52. The van der Waals surface area contributed by atoms with Crippen LogP contribution in [0.5, 0.6) is 5.75 Å². The van der Waals surface area contributed by atoms with Gasteiger partial charge < -0.3 is 14.2 Å². The Labute approximate surface area is 160 Å². The fourth-order valence-corrected chi connectivity index (χ4v) is 3.89. The van der Waals surface area contributed by atoms with E-state index in [-0.39, 0.29) is 5.41 Å². The number of ether oxygens (including phenoxy) is 3. The monoisotopic (exact) mass is 378 g/mol. The van der Waals surface area contributed by atoms with Crippen molar-refractivity contribution in [1.29, 1.82) is 0 Å². The Morgan fingerprint density at radius 3 is 2.41 bits per heavy atom. The largest absolute Gasteiger partial charge is 0.497 e. The first-order valence-corrected chi connectivity index (χ1v) is 9.57. The molecule has 0 radical (unpaired) electrons. The van der Waals surface area contributed by atoms with Gasteiger partial charge in [0.1, 0.15) is 5.75 Å². The third-order valence-corrected chi connectivity index (χ3v) is 6.13. The van der Waals surface area contributed by atoms with Crippen molar-refractivity contribution >= 4 is 5.91 Å². The van der Waals surface area contributed by atoms with Gasteiger partial charge in [-0.1, -0.05) is 26.0 Å². The maximum Gasteiger partial charge on any atom is 0.260 e. The molecule has 7 nitrogen and oxygen atoms in total. The van der Waals surface area contributed by atoms with Crippen molar-refractivity contribution < 1.29 is 24.2 Å². The fourth-order valence-electron chi connectivity index (χ4n) is 3.89. The van der Waals surface area contributed by atoms with Crippen molar-refractivity contribution in [1.82, 2.24) is 10.4 Å². The van der Waals surface area contributed by atoms with Gasteiger partial charge in [-0.2, -0.15) is 0 Å². The average molecular weight is 378 g/mol. The third kappa shape index (κ3) is 4.11. The van der Waals surface area contributed by atoms with Gasteiger partial charge in [-0.05, 0) is 30.5 Å². The van der Waals surface area contributed by atoms with Gasteiger partial charge in [0.05, 0.1) is 32.9 Å². The lowest BCUT2D eigenvalue weighted by molar-refractivity contribution is -0.297. The van der Waals surface area contributed by atoms with Gasteiger partial charge in [0.2, 0.25) is 0 Å². The fraction of sp³-hybridized carbons (Fsp3) is 0.650. The molecule has 1 spiro atoms. The number of hydrogen-bond donors (Lipinski definition) is 2. The van der Waals surface area contributed by atoms with E-state index in [9.17, 15) is 4.79 Å². The van der Waals surface area contributed by atoms with E-state index < -0.39 is 17.7 Å². The number of benzene rings is 1. The van der Waals surface area contributed by atoms with Crippen LogP contribution in [0.15, 0.2) is 24.3 Å². The Morgan fingerprint density at radius 2 is 1.89 bits per heavy atom. The summed E-state index contributed by atoms with van der Waals surface area (Å²) in [6.45, 7) is 6.61.